The van der Waals surface area contributed by atoms with Gasteiger partial charge in [0.25, 0.3) is 0 Å². The maximum absolute atomic E-state index is 11.3. The minimum absolute atomic E-state index is 0.0140. The van der Waals surface area contributed by atoms with Crippen LogP contribution in [-0.4, -0.2) is 11.7 Å². The molecular formula is C9H13NO2. The van der Waals surface area contributed by atoms with Crippen LogP contribution in [0.2, 0.25) is 0 Å². The van der Waals surface area contributed by atoms with Crippen molar-refractivity contribution in [1.29, 1.82) is 0 Å². The van der Waals surface area contributed by atoms with E-state index in [0.29, 0.717) is 19.3 Å². The fourth-order valence-corrected chi connectivity index (χ4v) is 1.34. The van der Waals surface area contributed by atoms with Crippen LogP contribution in [0, 0.1) is 0 Å². The molecule has 0 aromatic carbocycles. The molecule has 1 N–H and O–H groups in total. The Bertz CT molecular complexity index is 253. The number of rotatable bonds is 2. The van der Waals surface area contributed by atoms with Gasteiger partial charge in [0.1, 0.15) is 0 Å². The summed E-state index contributed by atoms with van der Waals surface area (Å²) in [5.41, 5.74) is 1.52. The van der Waals surface area contributed by atoms with E-state index in [4.69, 9.17) is 0 Å². The van der Waals surface area contributed by atoms with Crippen LogP contribution in [0.5, 0.6) is 0 Å². The maximum atomic E-state index is 11.3. The van der Waals surface area contributed by atoms with Crippen LogP contribution in [0.25, 0.3) is 0 Å². The number of hydrogen-bond acceptors (Lipinski definition) is 2. The minimum atomic E-state index is 0.0140. The monoisotopic (exact) mass is 167 g/mol. The van der Waals surface area contributed by atoms with Crippen molar-refractivity contribution in [2.75, 3.05) is 0 Å². The zero-order valence-electron chi connectivity index (χ0n) is 7.44. The lowest BCUT2D eigenvalue weighted by atomic mass is 9.99. The molecular weight excluding hydrogens is 154 g/mol. The molecule has 1 heterocycles. The van der Waals surface area contributed by atoms with E-state index in [9.17, 15) is 9.59 Å². The minimum Gasteiger partial charge on any atom is -0.330 e. The van der Waals surface area contributed by atoms with Gasteiger partial charge in [0.15, 0.2) is 5.78 Å². The summed E-state index contributed by atoms with van der Waals surface area (Å²) in [5.74, 6) is 0.160. The number of amides is 1. The lowest BCUT2D eigenvalue weighted by Crippen LogP contribution is -2.28. The first-order valence-corrected chi connectivity index (χ1v) is 4.18. The van der Waals surface area contributed by atoms with Crippen molar-refractivity contribution >= 4 is 11.7 Å². The zero-order valence-corrected chi connectivity index (χ0v) is 7.44. The van der Waals surface area contributed by atoms with Gasteiger partial charge in [-0.15, -0.1) is 0 Å². The normalized spacial score (nSPS) is 17.7. The molecule has 66 valence electrons. The quantitative estimate of drug-likeness (QED) is 0.670. The van der Waals surface area contributed by atoms with Crippen LogP contribution < -0.4 is 5.32 Å². The molecule has 0 fully saturated rings. The highest BCUT2D eigenvalue weighted by Crippen LogP contribution is 2.16. The molecule has 1 amide bonds. The number of carbonyl (C=O) groups is 2. The van der Waals surface area contributed by atoms with Crippen molar-refractivity contribution in [3.63, 3.8) is 0 Å². The fourth-order valence-electron chi connectivity index (χ4n) is 1.34. The molecule has 3 heteroatoms. The molecule has 0 saturated carbocycles. The fraction of sp³-hybridized carbons (Fsp3) is 0.556. The molecule has 0 radical (unpaired) electrons. The highest BCUT2D eigenvalue weighted by Gasteiger charge is 2.18. The van der Waals surface area contributed by atoms with Gasteiger partial charge in [0, 0.05) is 24.1 Å². The van der Waals surface area contributed by atoms with Gasteiger partial charge in [-0.2, -0.15) is 0 Å². The molecule has 0 atom stereocenters. The molecule has 12 heavy (non-hydrogen) atoms. The Balaban J connectivity index is 2.82. The summed E-state index contributed by atoms with van der Waals surface area (Å²) in [6, 6.07) is 0. The Kier molecular flexibility index (Phi) is 2.63. The molecule has 0 aromatic heterocycles. The summed E-state index contributed by atoms with van der Waals surface area (Å²) in [6.07, 6.45) is 1.56. The van der Waals surface area contributed by atoms with Crippen LogP contribution in [0.4, 0.5) is 0 Å². The molecule has 0 spiro atoms. The van der Waals surface area contributed by atoms with Gasteiger partial charge in [0.2, 0.25) is 5.91 Å². The van der Waals surface area contributed by atoms with Gasteiger partial charge in [-0.3, -0.25) is 9.59 Å². The van der Waals surface area contributed by atoms with Crippen LogP contribution in [0.1, 0.15) is 33.1 Å². The smallest absolute Gasteiger partial charge is 0.224 e. The van der Waals surface area contributed by atoms with E-state index >= 15 is 0 Å². The first-order valence-electron chi connectivity index (χ1n) is 4.18. The third kappa shape index (κ3) is 1.72. The molecule has 0 bridgehead atoms. The topological polar surface area (TPSA) is 46.2 Å². The first-order chi connectivity index (χ1) is 5.65. The second-order valence-corrected chi connectivity index (χ2v) is 2.93. The van der Waals surface area contributed by atoms with Gasteiger partial charge in [-0.1, -0.05) is 6.92 Å². The average molecular weight is 167 g/mol. The van der Waals surface area contributed by atoms with Crippen molar-refractivity contribution in [3.8, 4) is 0 Å². The predicted octanol–water partition coefficient (Wildman–Crippen LogP) is 1.15. The SMILES string of the molecule is CCC(=O)C1=C(C)NC(=O)CC1. The third-order valence-electron chi connectivity index (χ3n) is 2.04. The molecule has 1 rings (SSSR count). The Morgan fingerprint density at radius 1 is 1.50 bits per heavy atom. The Morgan fingerprint density at radius 3 is 2.67 bits per heavy atom. The zero-order chi connectivity index (χ0) is 9.14. The highest BCUT2D eigenvalue weighted by atomic mass is 16.2. The van der Waals surface area contributed by atoms with E-state index in [0.717, 1.165) is 11.3 Å². The molecule has 3 nitrogen and oxygen atoms in total. The van der Waals surface area contributed by atoms with E-state index in [1.807, 2.05) is 6.92 Å². The van der Waals surface area contributed by atoms with Gasteiger partial charge in [-0.05, 0) is 13.3 Å². The Hall–Kier alpha value is -1.12. The summed E-state index contributed by atoms with van der Waals surface area (Å²) >= 11 is 0. The Morgan fingerprint density at radius 2 is 2.17 bits per heavy atom. The maximum Gasteiger partial charge on any atom is 0.224 e. The average Bonchev–Trinajstić information content (AvgIpc) is 2.03. The van der Waals surface area contributed by atoms with E-state index in [1.165, 1.54) is 0 Å². The van der Waals surface area contributed by atoms with Crippen molar-refractivity contribution in [2.24, 2.45) is 0 Å². The second-order valence-electron chi connectivity index (χ2n) is 2.93. The largest absolute Gasteiger partial charge is 0.330 e. The van der Waals surface area contributed by atoms with E-state index < -0.39 is 0 Å². The van der Waals surface area contributed by atoms with Gasteiger partial charge < -0.3 is 5.32 Å². The number of carbonyl (C=O) groups excluding carboxylic acids is 2. The van der Waals surface area contributed by atoms with Crippen LogP contribution in [0.3, 0.4) is 0 Å². The van der Waals surface area contributed by atoms with Crippen LogP contribution in [0.15, 0.2) is 11.3 Å². The first kappa shape index (κ1) is 8.97. The van der Waals surface area contributed by atoms with E-state index in [-0.39, 0.29) is 11.7 Å². The van der Waals surface area contributed by atoms with E-state index in [1.54, 1.807) is 6.92 Å². The third-order valence-corrected chi connectivity index (χ3v) is 2.04. The molecule has 0 unspecified atom stereocenters. The van der Waals surface area contributed by atoms with Crippen LogP contribution in [-0.2, 0) is 9.59 Å². The van der Waals surface area contributed by atoms with Crippen molar-refractivity contribution in [2.45, 2.75) is 33.1 Å². The number of nitrogens with one attached hydrogen (secondary N) is 1. The summed E-state index contributed by atoms with van der Waals surface area (Å²) in [7, 11) is 0. The van der Waals surface area contributed by atoms with Crippen molar-refractivity contribution in [1.82, 2.24) is 5.32 Å². The van der Waals surface area contributed by atoms with Crippen molar-refractivity contribution < 1.29 is 9.59 Å². The number of Topliss-reactive ketones (excluding diaryl/α,β-unsaturated/α-hetero) is 1. The lowest BCUT2D eigenvalue weighted by molar-refractivity contribution is -0.121. The Labute approximate surface area is 71.8 Å². The predicted molar refractivity (Wildman–Crippen MR) is 45.4 cm³/mol. The number of ketones is 1. The highest BCUT2D eigenvalue weighted by molar-refractivity contribution is 5.98. The van der Waals surface area contributed by atoms with Crippen LogP contribution >= 0.6 is 0 Å². The summed E-state index contributed by atoms with van der Waals surface area (Å²) in [5, 5.41) is 2.66. The molecule has 1 aliphatic heterocycles. The molecule has 0 saturated heterocycles. The molecule has 0 aromatic rings. The molecule has 0 aliphatic carbocycles. The summed E-state index contributed by atoms with van der Waals surface area (Å²) in [6.45, 7) is 3.61. The van der Waals surface area contributed by atoms with Crippen molar-refractivity contribution in [3.05, 3.63) is 11.3 Å². The number of allylic oxidation sites excluding steroid dienone is 2. The number of hydrogen-bond donors (Lipinski definition) is 1. The van der Waals surface area contributed by atoms with Gasteiger partial charge in [0.05, 0.1) is 0 Å². The summed E-state index contributed by atoms with van der Waals surface area (Å²) in [4.78, 5) is 22.1. The lowest BCUT2D eigenvalue weighted by Gasteiger charge is -2.16. The van der Waals surface area contributed by atoms with E-state index in [2.05, 4.69) is 5.32 Å². The summed E-state index contributed by atoms with van der Waals surface area (Å²) < 4.78 is 0. The standard InChI is InChI=1S/C9H13NO2/c1-3-8(11)7-4-5-9(12)10-6(7)2/h3-5H2,1-2H3,(H,10,12). The van der Waals surface area contributed by atoms with Gasteiger partial charge in [-0.25, -0.2) is 0 Å². The van der Waals surface area contributed by atoms with Gasteiger partial charge >= 0.3 is 0 Å². The molecule has 1 aliphatic rings. The second kappa shape index (κ2) is 3.52.